The maximum atomic E-state index is 10.4. The van der Waals surface area contributed by atoms with Gasteiger partial charge < -0.3 is 5.11 Å². The van der Waals surface area contributed by atoms with Crippen LogP contribution in [0.1, 0.15) is 36.9 Å². The lowest BCUT2D eigenvalue weighted by atomic mass is 10.0. The highest BCUT2D eigenvalue weighted by Crippen LogP contribution is 2.23. The van der Waals surface area contributed by atoms with E-state index in [9.17, 15) is 5.11 Å². The lowest BCUT2D eigenvalue weighted by Gasteiger charge is -2.14. The number of aliphatic hydroxyl groups is 1. The molecule has 0 spiro atoms. The average Bonchev–Trinajstić information content (AvgIpc) is 2.74. The van der Waals surface area contributed by atoms with Gasteiger partial charge >= 0.3 is 0 Å². The quantitative estimate of drug-likeness (QED) is 0.910. The first kappa shape index (κ1) is 15.2. The zero-order chi connectivity index (χ0) is 14.7. The van der Waals surface area contributed by atoms with Gasteiger partial charge in [-0.25, -0.2) is 9.67 Å². The van der Waals surface area contributed by atoms with E-state index < -0.39 is 6.10 Å². The first-order valence-electron chi connectivity index (χ1n) is 6.77. The molecular formula is C15H20BrN3O. The smallest absolute Gasteiger partial charge is 0.138 e. The summed E-state index contributed by atoms with van der Waals surface area (Å²) in [6, 6.07) is 5.97. The summed E-state index contributed by atoms with van der Waals surface area (Å²) in [6.07, 6.45) is 1.46. The minimum atomic E-state index is -0.568. The number of hydrogen-bond donors (Lipinski definition) is 1. The second kappa shape index (κ2) is 6.50. The molecule has 0 aliphatic heterocycles. The van der Waals surface area contributed by atoms with E-state index in [1.54, 1.807) is 6.33 Å². The molecule has 2 rings (SSSR count). The minimum absolute atomic E-state index is 0.475. The summed E-state index contributed by atoms with van der Waals surface area (Å²) in [5, 5.41) is 14.6. The number of aryl methyl sites for hydroxylation is 1. The van der Waals surface area contributed by atoms with E-state index in [4.69, 9.17) is 0 Å². The third-order valence-electron chi connectivity index (χ3n) is 3.06. The van der Waals surface area contributed by atoms with Crippen molar-refractivity contribution >= 4 is 15.9 Å². The maximum Gasteiger partial charge on any atom is 0.138 e. The molecule has 0 saturated carbocycles. The number of aliphatic hydroxyl groups excluding tert-OH is 1. The van der Waals surface area contributed by atoms with E-state index in [1.807, 2.05) is 29.8 Å². The molecule has 0 fully saturated rings. The van der Waals surface area contributed by atoms with E-state index >= 15 is 0 Å². The van der Waals surface area contributed by atoms with Crippen molar-refractivity contribution in [2.45, 2.75) is 39.8 Å². The van der Waals surface area contributed by atoms with Crippen LogP contribution in [0.2, 0.25) is 0 Å². The van der Waals surface area contributed by atoms with E-state index in [0.29, 0.717) is 12.3 Å². The zero-order valence-electron chi connectivity index (χ0n) is 12.0. The van der Waals surface area contributed by atoms with E-state index in [1.165, 1.54) is 0 Å². The van der Waals surface area contributed by atoms with Gasteiger partial charge in [0, 0.05) is 17.4 Å². The average molecular weight is 338 g/mol. The minimum Gasteiger partial charge on any atom is -0.388 e. The summed E-state index contributed by atoms with van der Waals surface area (Å²) in [6.45, 7) is 7.11. The Balaban J connectivity index is 2.15. The molecule has 108 valence electrons. The number of hydrogen-bond acceptors (Lipinski definition) is 3. The van der Waals surface area contributed by atoms with E-state index in [0.717, 1.165) is 28.0 Å². The fraction of sp³-hybridized carbons (Fsp3) is 0.467. The van der Waals surface area contributed by atoms with Crippen LogP contribution in [0.3, 0.4) is 0 Å². The Hall–Kier alpha value is -1.20. The molecule has 0 aliphatic rings. The topological polar surface area (TPSA) is 50.9 Å². The largest absolute Gasteiger partial charge is 0.388 e. The van der Waals surface area contributed by atoms with Crippen molar-refractivity contribution in [3.63, 3.8) is 0 Å². The predicted octanol–water partition coefficient (Wildman–Crippen LogP) is 3.28. The number of nitrogens with zero attached hydrogens (tertiary/aromatic N) is 3. The Bertz CT molecular complexity index is 560. The summed E-state index contributed by atoms with van der Waals surface area (Å²) < 4.78 is 2.86. The maximum absolute atomic E-state index is 10.4. The van der Waals surface area contributed by atoms with Crippen LogP contribution in [0.4, 0.5) is 0 Å². The van der Waals surface area contributed by atoms with Gasteiger partial charge in [0.15, 0.2) is 0 Å². The molecule has 20 heavy (non-hydrogen) atoms. The summed E-state index contributed by atoms with van der Waals surface area (Å²) >= 11 is 3.46. The second-order valence-electron chi connectivity index (χ2n) is 5.53. The Kier molecular flexibility index (Phi) is 4.94. The van der Waals surface area contributed by atoms with Crippen molar-refractivity contribution in [3.8, 4) is 0 Å². The Morgan fingerprint density at radius 1 is 1.30 bits per heavy atom. The van der Waals surface area contributed by atoms with Gasteiger partial charge in [0.1, 0.15) is 12.2 Å². The normalized spacial score (nSPS) is 12.9. The van der Waals surface area contributed by atoms with Crippen LogP contribution < -0.4 is 0 Å². The van der Waals surface area contributed by atoms with Gasteiger partial charge in [-0.1, -0.05) is 35.8 Å². The molecule has 1 unspecified atom stereocenters. The molecular weight excluding hydrogens is 318 g/mol. The van der Waals surface area contributed by atoms with Gasteiger partial charge in [-0.05, 0) is 36.1 Å². The molecule has 4 nitrogen and oxygen atoms in total. The first-order valence-corrected chi connectivity index (χ1v) is 7.57. The van der Waals surface area contributed by atoms with Gasteiger partial charge in [0.25, 0.3) is 0 Å². The Morgan fingerprint density at radius 3 is 2.70 bits per heavy atom. The number of aromatic nitrogens is 3. The molecule has 0 radical (unpaired) electrons. The highest BCUT2D eigenvalue weighted by atomic mass is 79.9. The highest BCUT2D eigenvalue weighted by molar-refractivity contribution is 9.10. The number of benzene rings is 1. The lowest BCUT2D eigenvalue weighted by molar-refractivity contribution is 0.173. The molecule has 0 aliphatic carbocycles. The number of halogens is 1. The van der Waals surface area contributed by atoms with Crippen molar-refractivity contribution in [2.24, 2.45) is 5.92 Å². The third kappa shape index (κ3) is 3.90. The fourth-order valence-electron chi connectivity index (χ4n) is 2.19. The summed E-state index contributed by atoms with van der Waals surface area (Å²) in [5.74, 6) is 1.32. The van der Waals surface area contributed by atoms with Crippen LogP contribution in [-0.4, -0.2) is 19.9 Å². The molecule has 5 heteroatoms. The molecule has 1 N–H and O–H groups in total. The van der Waals surface area contributed by atoms with Gasteiger partial charge in [-0.15, -0.1) is 0 Å². The molecule has 1 aromatic heterocycles. The van der Waals surface area contributed by atoms with Crippen LogP contribution in [0.5, 0.6) is 0 Å². The first-order chi connectivity index (χ1) is 9.45. The fourth-order valence-corrected chi connectivity index (χ4v) is 2.82. The Labute approximate surface area is 128 Å². The lowest BCUT2D eigenvalue weighted by Crippen LogP contribution is -2.13. The van der Waals surface area contributed by atoms with E-state index in [-0.39, 0.29) is 0 Å². The molecule has 1 aromatic carbocycles. The van der Waals surface area contributed by atoms with Crippen LogP contribution in [0, 0.1) is 12.8 Å². The van der Waals surface area contributed by atoms with Crippen molar-refractivity contribution in [2.75, 3.05) is 0 Å². The third-order valence-corrected chi connectivity index (χ3v) is 3.52. The van der Waals surface area contributed by atoms with Gasteiger partial charge in [-0.3, -0.25) is 0 Å². The second-order valence-corrected chi connectivity index (χ2v) is 6.45. The van der Waals surface area contributed by atoms with Gasteiger partial charge in [-0.2, -0.15) is 5.10 Å². The molecule has 1 heterocycles. The predicted molar refractivity (Wildman–Crippen MR) is 82.4 cm³/mol. The summed E-state index contributed by atoms with van der Waals surface area (Å²) in [4.78, 5) is 4.26. The monoisotopic (exact) mass is 337 g/mol. The van der Waals surface area contributed by atoms with Crippen molar-refractivity contribution in [1.29, 1.82) is 0 Å². The van der Waals surface area contributed by atoms with Crippen molar-refractivity contribution in [1.82, 2.24) is 14.8 Å². The molecule has 2 aromatic rings. The highest BCUT2D eigenvalue weighted by Gasteiger charge is 2.14. The van der Waals surface area contributed by atoms with Crippen LogP contribution >= 0.6 is 15.9 Å². The molecule has 0 bridgehead atoms. The van der Waals surface area contributed by atoms with Crippen molar-refractivity contribution < 1.29 is 5.11 Å². The van der Waals surface area contributed by atoms with E-state index in [2.05, 4.69) is 39.9 Å². The van der Waals surface area contributed by atoms with Crippen LogP contribution in [-0.2, 0) is 13.0 Å². The SMILES string of the molecule is Cc1cc(Br)cc(C(O)Cc2ncnn2CC(C)C)c1. The van der Waals surface area contributed by atoms with Gasteiger partial charge in [0.05, 0.1) is 6.10 Å². The zero-order valence-corrected chi connectivity index (χ0v) is 13.6. The molecule has 0 saturated heterocycles. The van der Waals surface area contributed by atoms with Crippen LogP contribution in [0.15, 0.2) is 29.0 Å². The molecule has 0 amide bonds. The molecule has 1 atom stereocenters. The summed E-state index contributed by atoms with van der Waals surface area (Å²) in [5.41, 5.74) is 2.02. The number of rotatable bonds is 5. The van der Waals surface area contributed by atoms with Crippen LogP contribution in [0.25, 0.3) is 0 Å². The Morgan fingerprint density at radius 2 is 2.05 bits per heavy atom. The summed E-state index contributed by atoms with van der Waals surface area (Å²) in [7, 11) is 0. The standard InChI is InChI=1S/C15H20BrN3O/c1-10(2)8-19-15(17-9-18-19)7-14(20)12-4-11(3)5-13(16)6-12/h4-6,9-10,14,20H,7-8H2,1-3H3. The van der Waals surface area contributed by atoms with Gasteiger partial charge in [0.2, 0.25) is 0 Å². The van der Waals surface area contributed by atoms with Crippen molar-refractivity contribution in [3.05, 3.63) is 46.0 Å².